The van der Waals surface area contributed by atoms with Gasteiger partial charge in [0.05, 0.1) is 24.4 Å². The summed E-state index contributed by atoms with van der Waals surface area (Å²) in [5.41, 5.74) is 1.94. The highest BCUT2D eigenvalue weighted by molar-refractivity contribution is 6.08. The zero-order valence-electron chi connectivity index (χ0n) is 15.1. The molecule has 0 saturated carbocycles. The lowest BCUT2D eigenvalue weighted by Gasteiger charge is -2.26. The molecule has 3 rings (SSSR count). The highest BCUT2D eigenvalue weighted by Crippen LogP contribution is 2.39. The van der Waals surface area contributed by atoms with Crippen LogP contribution in [0, 0.1) is 0 Å². The lowest BCUT2D eigenvalue weighted by molar-refractivity contribution is -0.130. The Morgan fingerprint density at radius 2 is 1.92 bits per heavy atom. The van der Waals surface area contributed by atoms with Crippen LogP contribution in [0.5, 0.6) is 0 Å². The summed E-state index contributed by atoms with van der Waals surface area (Å²) in [6, 6.07) is 10.5. The first kappa shape index (κ1) is 17.8. The van der Waals surface area contributed by atoms with Crippen molar-refractivity contribution < 1.29 is 19.1 Å². The van der Waals surface area contributed by atoms with Crippen molar-refractivity contribution in [3.8, 4) is 0 Å². The lowest BCUT2D eigenvalue weighted by atomic mass is 9.95. The summed E-state index contributed by atoms with van der Waals surface area (Å²) < 4.78 is 5.35. The monoisotopic (exact) mass is 354 g/mol. The molecule has 6 heteroatoms. The molecule has 26 heavy (non-hydrogen) atoms. The number of Topliss-reactive ketones (excluding diaryl/α,β-unsaturated/α-hetero) is 1. The number of aliphatic hydroxyl groups excluding tert-OH is 1. The minimum atomic E-state index is -0.628. The van der Waals surface area contributed by atoms with Gasteiger partial charge in [0.15, 0.2) is 11.5 Å². The van der Waals surface area contributed by atoms with Crippen molar-refractivity contribution in [1.82, 2.24) is 4.90 Å². The normalized spacial score (nSPS) is 17.1. The molecule has 2 heterocycles. The average molecular weight is 354 g/mol. The summed E-state index contributed by atoms with van der Waals surface area (Å²) in [4.78, 5) is 28.5. The Morgan fingerprint density at radius 3 is 2.46 bits per heavy atom. The van der Waals surface area contributed by atoms with Gasteiger partial charge in [-0.25, -0.2) is 0 Å². The maximum absolute atomic E-state index is 12.6. The number of carbonyl (C=O) groups is 2. The molecule has 0 aliphatic carbocycles. The van der Waals surface area contributed by atoms with E-state index in [9.17, 15) is 14.7 Å². The second-order valence-electron chi connectivity index (χ2n) is 6.44. The van der Waals surface area contributed by atoms with Crippen molar-refractivity contribution in [1.29, 1.82) is 0 Å². The molecule has 1 atom stereocenters. The second-order valence-corrected chi connectivity index (χ2v) is 6.44. The van der Waals surface area contributed by atoms with Gasteiger partial charge in [0.25, 0.3) is 5.91 Å². The van der Waals surface area contributed by atoms with Crippen LogP contribution >= 0.6 is 0 Å². The molecule has 1 aromatic carbocycles. The Balaban J connectivity index is 2.03. The fraction of sp³-hybridized carbons (Fsp3) is 0.300. The second kappa shape index (κ2) is 7.07. The number of rotatable bonds is 6. The topological polar surface area (TPSA) is 74.0 Å². The first-order valence-electron chi connectivity index (χ1n) is 8.51. The standard InChI is InChI=1S/C20H22N2O4/c1-4-16(23)17-18(13-7-9-14(10-8-13)21(2)3)22(20(25)19(17)24)12-15-6-5-11-26-15/h5-11,18,24H,4,12H2,1-3H3. The molecule has 0 spiro atoms. The van der Waals surface area contributed by atoms with E-state index in [0.29, 0.717) is 5.76 Å². The molecule has 6 nitrogen and oxygen atoms in total. The van der Waals surface area contributed by atoms with Crippen LogP contribution in [-0.4, -0.2) is 35.8 Å². The Hall–Kier alpha value is -3.02. The molecule has 1 N–H and O–H groups in total. The summed E-state index contributed by atoms with van der Waals surface area (Å²) in [6.07, 6.45) is 1.75. The predicted molar refractivity (Wildman–Crippen MR) is 97.7 cm³/mol. The van der Waals surface area contributed by atoms with E-state index < -0.39 is 17.7 Å². The van der Waals surface area contributed by atoms with Crippen molar-refractivity contribution in [2.75, 3.05) is 19.0 Å². The Kier molecular flexibility index (Phi) is 4.84. The number of hydrogen-bond acceptors (Lipinski definition) is 5. The fourth-order valence-electron chi connectivity index (χ4n) is 3.16. The van der Waals surface area contributed by atoms with Crippen molar-refractivity contribution in [3.63, 3.8) is 0 Å². The first-order chi connectivity index (χ1) is 12.4. The number of nitrogens with zero attached hydrogens (tertiary/aromatic N) is 2. The van der Waals surface area contributed by atoms with Gasteiger partial charge in [0, 0.05) is 26.2 Å². The van der Waals surface area contributed by atoms with Gasteiger partial charge in [0.1, 0.15) is 5.76 Å². The van der Waals surface area contributed by atoms with Crippen molar-refractivity contribution >= 4 is 17.4 Å². The molecule has 1 unspecified atom stereocenters. The molecule has 1 aliphatic rings. The zero-order chi connectivity index (χ0) is 18.8. The van der Waals surface area contributed by atoms with Crippen molar-refractivity contribution in [3.05, 3.63) is 65.3 Å². The molecule has 1 amide bonds. The van der Waals surface area contributed by atoms with Gasteiger partial charge in [0.2, 0.25) is 0 Å². The smallest absolute Gasteiger partial charge is 0.290 e. The van der Waals surface area contributed by atoms with Crippen molar-refractivity contribution in [2.45, 2.75) is 25.9 Å². The van der Waals surface area contributed by atoms with E-state index in [1.165, 1.54) is 11.2 Å². The van der Waals surface area contributed by atoms with Crippen molar-refractivity contribution in [2.24, 2.45) is 0 Å². The highest BCUT2D eigenvalue weighted by Gasteiger charge is 2.43. The minimum Gasteiger partial charge on any atom is -0.503 e. The molecule has 0 bridgehead atoms. The summed E-state index contributed by atoms with van der Waals surface area (Å²) >= 11 is 0. The number of hydrogen-bond donors (Lipinski definition) is 1. The van der Waals surface area contributed by atoms with E-state index in [-0.39, 0.29) is 24.3 Å². The van der Waals surface area contributed by atoms with Crippen LogP contribution in [0.15, 0.2) is 58.4 Å². The van der Waals surface area contributed by atoms with Crippen LogP contribution < -0.4 is 4.90 Å². The Morgan fingerprint density at radius 1 is 1.23 bits per heavy atom. The van der Waals surface area contributed by atoms with Gasteiger partial charge in [-0.15, -0.1) is 0 Å². The minimum absolute atomic E-state index is 0.154. The molecular weight excluding hydrogens is 332 g/mol. The number of carbonyl (C=O) groups excluding carboxylic acids is 2. The number of furan rings is 1. The third-order valence-electron chi connectivity index (χ3n) is 4.56. The molecular formula is C20H22N2O4. The molecule has 0 radical (unpaired) electrons. The van der Waals surface area contributed by atoms with Gasteiger partial charge < -0.3 is 19.3 Å². The van der Waals surface area contributed by atoms with E-state index in [1.807, 2.05) is 43.3 Å². The van der Waals surface area contributed by atoms with Gasteiger partial charge in [-0.3, -0.25) is 9.59 Å². The van der Waals surface area contributed by atoms with E-state index in [1.54, 1.807) is 19.1 Å². The molecule has 136 valence electrons. The summed E-state index contributed by atoms with van der Waals surface area (Å²) in [6.45, 7) is 1.89. The zero-order valence-corrected chi connectivity index (χ0v) is 15.1. The third-order valence-corrected chi connectivity index (χ3v) is 4.56. The third kappa shape index (κ3) is 3.10. The highest BCUT2D eigenvalue weighted by atomic mass is 16.3. The average Bonchev–Trinajstić information content (AvgIpc) is 3.23. The van der Waals surface area contributed by atoms with E-state index in [2.05, 4.69) is 0 Å². The maximum atomic E-state index is 12.6. The van der Waals surface area contributed by atoms with Crippen LogP contribution in [0.4, 0.5) is 5.69 Å². The maximum Gasteiger partial charge on any atom is 0.290 e. The van der Waals surface area contributed by atoms with Crippen LogP contribution in [-0.2, 0) is 16.1 Å². The van der Waals surface area contributed by atoms with Gasteiger partial charge in [-0.05, 0) is 29.8 Å². The van der Waals surface area contributed by atoms with Gasteiger partial charge in [-0.2, -0.15) is 0 Å². The molecule has 0 fully saturated rings. The van der Waals surface area contributed by atoms with E-state index in [0.717, 1.165) is 11.3 Å². The van der Waals surface area contributed by atoms with Crippen LogP contribution in [0.2, 0.25) is 0 Å². The molecule has 1 aromatic heterocycles. The summed E-state index contributed by atoms with van der Waals surface area (Å²) in [5.74, 6) is -0.671. The fourth-order valence-corrected chi connectivity index (χ4v) is 3.16. The van der Waals surface area contributed by atoms with Crippen LogP contribution in [0.3, 0.4) is 0 Å². The Bertz CT molecular complexity index is 835. The lowest BCUT2D eigenvalue weighted by Crippen LogP contribution is -2.30. The summed E-state index contributed by atoms with van der Waals surface area (Å²) in [7, 11) is 3.88. The molecule has 0 saturated heterocycles. The molecule has 2 aromatic rings. The number of benzene rings is 1. The Labute approximate surface area is 152 Å². The number of ketones is 1. The number of amides is 1. The first-order valence-corrected chi connectivity index (χ1v) is 8.51. The van der Waals surface area contributed by atoms with Crippen LogP contribution in [0.1, 0.15) is 30.7 Å². The SMILES string of the molecule is CCC(=O)C1=C(O)C(=O)N(Cc2ccco2)C1c1ccc(N(C)C)cc1. The van der Waals surface area contributed by atoms with E-state index in [4.69, 9.17) is 4.42 Å². The quantitative estimate of drug-likeness (QED) is 0.862. The largest absolute Gasteiger partial charge is 0.503 e. The van der Waals surface area contributed by atoms with Crippen LogP contribution in [0.25, 0.3) is 0 Å². The predicted octanol–water partition coefficient (Wildman–Crippen LogP) is 3.22. The van der Waals surface area contributed by atoms with Gasteiger partial charge >= 0.3 is 0 Å². The van der Waals surface area contributed by atoms with Gasteiger partial charge in [-0.1, -0.05) is 19.1 Å². The molecule has 1 aliphatic heterocycles. The van der Waals surface area contributed by atoms with E-state index >= 15 is 0 Å². The number of anilines is 1. The summed E-state index contributed by atoms with van der Waals surface area (Å²) in [5, 5.41) is 10.4. The number of aliphatic hydroxyl groups is 1.